The summed E-state index contributed by atoms with van der Waals surface area (Å²) in [5.74, 6) is -19.1. The largest absolute Gasteiger partial charge is 0.508 e. The lowest BCUT2D eigenvalue weighted by Crippen LogP contribution is -2.62. The fourth-order valence-electron chi connectivity index (χ4n) is 13.8. The van der Waals surface area contributed by atoms with Crippen molar-refractivity contribution in [2.24, 2.45) is 28.9 Å². The van der Waals surface area contributed by atoms with Crippen LogP contribution in [-0.2, 0) is 97.6 Å². The van der Waals surface area contributed by atoms with Gasteiger partial charge in [0, 0.05) is 73.7 Å². The molecular weight excluding hydrogens is 1770 g/mol. The molecule has 0 unspecified atom stereocenters. The quantitative estimate of drug-likeness (QED) is 0.00563. The number of nitrogen functional groups attached to an aromatic ring is 1. The minimum Gasteiger partial charge on any atom is -0.508 e. The monoisotopic (exact) mass is 1900 g/mol. The number of hydrogen-bond donors (Lipinski definition) is 30. The summed E-state index contributed by atoms with van der Waals surface area (Å²) < 4.78 is 0. The van der Waals surface area contributed by atoms with Crippen LogP contribution in [0, 0.1) is 16.7 Å². The first-order chi connectivity index (χ1) is 64.2. The van der Waals surface area contributed by atoms with Gasteiger partial charge >= 0.3 is 5.97 Å². The average Bonchev–Trinajstić information content (AvgIpc) is 1.81. The number of fused-ring (bicyclic) bond motifs is 1. The number of imide groups is 1. The molecule has 6 rings (SSSR count). The number of unbranched alkanes of at least 4 members (excludes halogenated alkanes) is 1. The van der Waals surface area contributed by atoms with E-state index >= 15 is 24.0 Å². The number of carboxylic acid groups (broad SMARTS) is 1. The predicted octanol–water partition coefficient (Wildman–Crippen LogP) is -4.46. The fraction of sp³-hybridized carbons (Fsp3) is 0.438. The van der Waals surface area contributed by atoms with Crippen LogP contribution in [0.1, 0.15) is 125 Å². The van der Waals surface area contributed by atoms with Crippen LogP contribution in [-0.4, -0.2) is 260 Å². The Kier molecular flexibility index (Phi) is 45.1. The van der Waals surface area contributed by atoms with Crippen LogP contribution in [0.25, 0.3) is 10.9 Å². The van der Waals surface area contributed by atoms with Crippen molar-refractivity contribution >= 4 is 136 Å². The van der Waals surface area contributed by atoms with Crippen molar-refractivity contribution in [3.05, 3.63) is 161 Å². The number of carbonyl (C=O) groups excluding carboxylic acids is 15. The van der Waals surface area contributed by atoms with E-state index in [9.17, 15) is 78.3 Å². The summed E-state index contributed by atoms with van der Waals surface area (Å²) in [4.78, 5) is 230. The highest BCUT2D eigenvalue weighted by atomic mass is 32.1. The second-order valence-corrected chi connectivity index (χ2v) is 32.6. The number of benzene rings is 5. The number of aliphatic carboxylic acids is 1. The van der Waals surface area contributed by atoms with Crippen molar-refractivity contribution in [3.63, 3.8) is 0 Å². The van der Waals surface area contributed by atoms with E-state index in [2.05, 4.69) is 103 Å². The average molecular weight is 1900 g/mol. The number of hydrogen-bond acceptors (Lipinski definition) is 26. The maximum absolute atomic E-state index is 15.4. The highest BCUT2D eigenvalue weighted by Crippen LogP contribution is 2.22. The molecule has 0 saturated heterocycles. The third kappa shape index (κ3) is 36.9. The number of aromatic amines is 1. The highest BCUT2D eigenvalue weighted by molar-refractivity contribution is 7.80. The van der Waals surface area contributed by atoms with Gasteiger partial charge in [-0.3, -0.25) is 88.1 Å². The Hall–Kier alpha value is -14.5. The smallest absolute Gasteiger partial charge is 0.328 e. The van der Waals surface area contributed by atoms with E-state index in [0.29, 0.717) is 34.0 Å². The minimum atomic E-state index is -1.91. The maximum Gasteiger partial charge on any atom is 0.328 e. The molecule has 15 amide bonds. The van der Waals surface area contributed by atoms with Gasteiger partial charge in [-0.15, -0.1) is 0 Å². The lowest BCUT2D eigenvalue weighted by Gasteiger charge is -2.30. The number of phenols is 2. The molecule has 6 aromatic rings. The van der Waals surface area contributed by atoms with E-state index in [0.717, 1.165) is 6.92 Å². The molecule has 15 atom stereocenters. The number of aliphatic hydroxyl groups excluding tert-OH is 2. The van der Waals surface area contributed by atoms with Gasteiger partial charge in [0.05, 0.1) is 30.9 Å². The van der Waals surface area contributed by atoms with Crippen LogP contribution < -0.4 is 114 Å². The molecule has 46 heteroatoms. The number of guanidine groups is 2. The van der Waals surface area contributed by atoms with Crippen molar-refractivity contribution in [3.8, 4) is 11.5 Å². The molecule has 0 aliphatic rings. The number of aromatic hydroxyl groups is 2. The Morgan fingerprint density at radius 1 is 0.452 bits per heavy atom. The van der Waals surface area contributed by atoms with E-state index in [-0.39, 0.29) is 118 Å². The van der Waals surface area contributed by atoms with Gasteiger partial charge in [-0.1, -0.05) is 105 Å². The molecule has 45 nitrogen and oxygen atoms in total. The first-order valence-corrected chi connectivity index (χ1v) is 44.3. The molecule has 0 aliphatic carbocycles. The standard InChI is InChI=1S/C89H124N24O21S/c1-5-47(2)72(113-84(130)69(46-135)110-86(132)73(49(4)115)111-71(119)44-100-77(123)64(40-51-26-30-54(116)31-27-51)106-76(122)59(92)22-15-37-97-88(93)94)85(131)108-66(41-52-28-32-55(117)33-29-52)82(128)104-63(34-35-70(118)112-75(121)57-20-9-11-21-58(57)91)80(126)103-62(25-16-38-98-89(95)96)78(124)102-61(24-13-14-36-90)79(125)107-67(42-53-43-99-60-23-12-10-19-56(53)60)81(127)101-48(3)74(120)105-65(39-50-17-7-6-8-18-50)83(129)109-68(45-114)87(133)134/h6-12,17-21,23,26-33,43,47-49,59,61-69,72-73,99,114-117,135H,5,13-16,22,24-25,34-42,44-46,90-92H2,1-4H3,(H,100,123)(H,101,127)(H,102,124)(H,103,126)(H,104,128)(H,105,120)(H,106,122)(H,107,125)(H,108,131)(H,109,129)(H,110,132)(H,111,119)(H,113,130)(H,133,134)(H4,93,94,97)(H4,95,96,98)(H,112,118,121)/t47-,48-,49+,59-,61-,62-,63-,64-,65-,66-,67-,68-,69-,72-,73-/m0/s1. The zero-order valence-electron chi connectivity index (χ0n) is 75.1. The van der Waals surface area contributed by atoms with Gasteiger partial charge in [-0.05, 0) is 142 Å². The molecule has 732 valence electrons. The number of anilines is 1. The summed E-state index contributed by atoms with van der Waals surface area (Å²) in [6, 6.07) is 11.2. The van der Waals surface area contributed by atoms with Crippen LogP contribution >= 0.6 is 12.6 Å². The fourth-order valence-corrected chi connectivity index (χ4v) is 14.0. The number of carboxylic acids is 1. The third-order valence-corrected chi connectivity index (χ3v) is 22.0. The molecule has 34 N–H and O–H groups in total. The second kappa shape index (κ2) is 55.7. The van der Waals surface area contributed by atoms with Crippen LogP contribution in [0.4, 0.5) is 5.69 Å². The Balaban J connectivity index is 1.28. The number of amides is 15. The number of aromatic nitrogens is 1. The summed E-state index contributed by atoms with van der Waals surface area (Å²) in [5, 5.41) is 106. The van der Waals surface area contributed by atoms with Crippen molar-refractivity contribution in [1.29, 1.82) is 10.8 Å². The third-order valence-electron chi connectivity index (χ3n) is 21.6. The lowest BCUT2D eigenvalue weighted by atomic mass is 9.96. The van der Waals surface area contributed by atoms with Gasteiger partial charge in [0.1, 0.15) is 84.0 Å². The number of aliphatic hydroxyl groups is 2. The van der Waals surface area contributed by atoms with Crippen molar-refractivity contribution in [2.45, 2.75) is 202 Å². The van der Waals surface area contributed by atoms with Crippen molar-refractivity contribution in [2.75, 3.05) is 44.3 Å². The first-order valence-electron chi connectivity index (χ1n) is 43.7. The van der Waals surface area contributed by atoms with E-state index in [1.807, 2.05) is 0 Å². The molecule has 0 saturated carbocycles. The molecule has 0 aliphatic heterocycles. The number of H-pyrrole nitrogens is 1. The SMILES string of the molecule is CC[C@H](C)[C@H](NC(=O)[C@H](CS)NC(=O)[C@@H](NC(=O)CNC(=O)[C@H](Cc1ccc(O)cc1)NC(=O)[C@@H](N)CCCNC(=N)N)[C@@H](C)O)C(=O)N[C@@H](Cc1ccc(O)cc1)C(=O)N[C@@H](CCC(=O)NC(=O)c1ccccc1N)C(=O)N[C@@H](CCCNC(=N)N)C(=O)N[C@@H](CCCCN)C(=O)N[C@@H](Cc1c[nH]c2ccccc12)C(=O)N[C@@H](C)C(=O)N[C@@H](Cc1ccccc1)C(=O)N[C@@H](CO)C(=O)O. The van der Waals surface area contributed by atoms with Gasteiger partial charge < -0.3 is 139 Å². The van der Waals surface area contributed by atoms with Crippen LogP contribution in [0.3, 0.4) is 0 Å². The molecule has 0 spiro atoms. The van der Waals surface area contributed by atoms with Crippen molar-refractivity contribution in [1.82, 2.24) is 90.1 Å². The summed E-state index contributed by atoms with van der Waals surface area (Å²) in [6.45, 7) is 4.01. The molecule has 135 heavy (non-hydrogen) atoms. The molecule has 1 aromatic heterocycles. The van der Waals surface area contributed by atoms with Crippen molar-refractivity contribution < 1.29 is 102 Å². The zero-order chi connectivity index (χ0) is 99.5. The van der Waals surface area contributed by atoms with E-state index < -0.39 is 229 Å². The Morgan fingerprint density at radius 2 is 0.896 bits per heavy atom. The van der Waals surface area contributed by atoms with E-state index in [1.165, 1.54) is 79.7 Å². The van der Waals surface area contributed by atoms with Crippen LogP contribution in [0.5, 0.6) is 11.5 Å². The van der Waals surface area contributed by atoms with Gasteiger partial charge in [0.25, 0.3) is 5.91 Å². The van der Waals surface area contributed by atoms with Crippen LogP contribution in [0.15, 0.2) is 134 Å². The lowest BCUT2D eigenvalue weighted by molar-refractivity contribution is -0.143. The van der Waals surface area contributed by atoms with E-state index in [4.69, 9.17) is 39.5 Å². The molecule has 0 radical (unpaired) electrons. The number of phenolic OH excluding ortho intramolecular Hbond substituents is 2. The molecule has 0 fully saturated rings. The molecule has 5 aromatic carbocycles. The number of carbonyl (C=O) groups is 16. The second-order valence-electron chi connectivity index (χ2n) is 32.2. The predicted molar refractivity (Wildman–Crippen MR) is 499 cm³/mol. The Labute approximate surface area is 783 Å². The Bertz CT molecular complexity index is 5070. The van der Waals surface area contributed by atoms with Gasteiger partial charge in [0.15, 0.2) is 11.9 Å². The molecule has 1 heterocycles. The number of para-hydroxylation sites is 2. The number of rotatable bonds is 56. The van der Waals surface area contributed by atoms with Crippen LogP contribution in [0.2, 0.25) is 0 Å². The number of nitrogens with two attached hydrogens (primary N) is 5. The topological polar surface area (TPSA) is 760 Å². The summed E-state index contributed by atoms with van der Waals surface area (Å²) in [5.41, 5.74) is 31.4. The Morgan fingerprint density at radius 3 is 1.43 bits per heavy atom. The number of nitrogens with one attached hydrogen (secondary N) is 19. The summed E-state index contributed by atoms with van der Waals surface area (Å²) in [6.07, 6.45) is -2.10. The molecule has 0 bridgehead atoms. The summed E-state index contributed by atoms with van der Waals surface area (Å²) >= 11 is 4.30. The minimum absolute atomic E-state index is 0.0121. The van der Waals surface area contributed by atoms with E-state index in [1.54, 1.807) is 74.6 Å². The summed E-state index contributed by atoms with van der Waals surface area (Å²) in [7, 11) is 0. The van der Waals surface area contributed by atoms with Gasteiger partial charge in [-0.2, -0.15) is 12.6 Å². The van der Waals surface area contributed by atoms with Gasteiger partial charge in [0.2, 0.25) is 82.7 Å². The maximum atomic E-state index is 15.4. The molecular formula is C89H124N24O21S. The first kappa shape index (κ1) is 109. The van der Waals surface area contributed by atoms with Gasteiger partial charge in [-0.25, -0.2) is 4.79 Å². The number of thiol groups is 1. The normalized spacial score (nSPS) is 14.4. The zero-order valence-corrected chi connectivity index (χ0v) is 76.0. The highest BCUT2D eigenvalue weighted by Gasteiger charge is 2.39.